The summed E-state index contributed by atoms with van der Waals surface area (Å²) in [6.45, 7) is -6.82. The summed E-state index contributed by atoms with van der Waals surface area (Å²) >= 11 is 0. The van der Waals surface area contributed by atoms with Crippen molar-refractivity contribution in [1.29, 1.82) is 0 Å². The van der Waals surface area contributed by atoms with E-state index in [0.717, 1.165) is 36.6 Å². The van der Waals surface area contributed by atoms with Gasteiger partial charge in [-0.1, -0.05) is 12.1 Å². The molecule has 1 aliphatic carbocycles. The third-order valence-electron chi connectivity index (χ3n) is 6.57. The van der Waals surface area contributed by atoms with Gasteiger partial charge in [0.15, 0.2) is 27.2 Å². The molecule has 0 bridgehead atoms. The standard InChI is InChI=1S/C14H10F4N4O7S.C14H13NO7S/c15-11(16)28-8-5-9(29-12(17)18)20-13(19-8)21-14(25)22-30(26,27)7-4-2-1-3-6(7)10(23)24;1-23(21,22)8-5-6-9(10(7-8)15(19)20)14(18)13-11(16)3-2-4-12(13)17/h1-5,11-12H,(H,23,24)(H2,19,20,21,22,25);5-7,13H,2-4H2,1H3. The van der Waals surface area contributed by atoms with Crippen LogP contribution < -0.4 is 19.5 Å². The number of nitro benzene ring substituents is 1. The third-order valence-corrected chi connectivity index (χ3v) is 9.07. The first-order chi connectivity index (χ1) is 24.6. The molecule has 0 aliphatic heterocycles. The number of hydrogen-bond acceptors (Lipinski definition) is 15. The number of ketones is 3. The number of nitrogens with one attached hydrogen (secondary N) is 2. The Labute approximate surface area is 294 Å². The van der Waals surface area contributed by atoms with Crippen molar-refractivity contribution < 1.29 is 77.9 Å². The Balaban J connectivity index is 0.000000295. The highest BCUT2D eigenvalue weighted by molar-refractivity contribution is 7.90. The lowest BCUT2D eigenvalue weighted by molar-refractivity contribution is -0.385. The van der Waals surface area contributed by atoms with Crippen molar-refractivity contribution in [2.24, 2.45) is 5.92 Å². The van der Waals surface area contributed by atoms with Gasteiger partial charge in [0.1, 0.15) is 10.8 Å². The van der Waals surface area contributed by atoms with Crippen LogP contribution in [-0.2, 0) is 29.4 Å². The second-order valence-electron chi connectivity index (χ2n) is 10.3. The molecule has 0 spiro atoms. The molecular formula is C28H23F4N5O14S2. The first-order valence-corrected chi connectivity index (χ1v) is 17.5. The predicted octanol–water partition coefficient (Wildman–Crippen LogP) is 3.01. The van der Waals surface area contributed by atoms with Crippen molar-refractivity contribution in [2.45, 2.75) is 42.3 Å². The molecule has 1 aromatic heterocycles. The van der Waals surface area contributed by atoms with E-state index in [-0.39, 0.29) is 17.7 Å². The third kappa shape index (κ3) is 11.2. The summed E-state index contributed by atoms with van der Waals surface area (Å²) in [7, 11) is -8.41. The van der Waals surface area contributed by atoms with Crippen molar-refractivity contribution in [3.63, 3.8) is 0 Å². The van der Waals surface area contributed by atoms with Crippen molar-refractivity contribution >= 4 is 60.8 Å². The number of amides is 2. The monoisotopic (exact) mass is 793 g/mol. The lowest BCUT2D eigenvalue weighted by atomic mass is 9.81. The molecule has 0 saturated heterocycles. The van der Waals surface area contributed by atoms with E-state index in [9.17, 15) is 68.5 Å². The number of carboxylic acids is 1. The number of sulfonamides is 1. The molecule has 0 radical (unpaired) electrons. The van der Waals surface area contributed by atoms with E-state index in [1.54, 1.807) is 5.32 Å². The maximum atomic E-state index is 12.4. The van der Waals surface area contributed by atoms with Crippen LogP contribution in [0.15, 0.2) is 58.3 Å². The van der Waals surface area contributed by atoms with Gasteiger partial charge < -0.3 is 14.6 Å². The van der Waals surface area contributed by atoms with E-state index < -0.39 is 113 Å². The van der Waals surface area contributed by atoms with Gasteiger partial charge in [0.05, 0.1) is 27.0 Å². The quantitative estimate of drug-likeness (QED) is 0.0781. The number of Topliss-reactive ketones (excluding diaryl/α,β-unsaturated/α-hetero) is 3. The Bertz CT molecular complexity index is 2140. The van der Waals surface area contributed by atoms with E-state index in [2.05, 4.69) is 19.4 Å². The fraction of sp³-hybridized carbons (Fsp3) is 0.250. The Morgan fingerprint density at radius 2 is 1.45 bits per heavy atom. The molecule has 4 rings (SSSR count). The van der Waals surface area contributed by atoms with E-state index >= 15 is 0 Å². The van der Waals surface area contributed by atoms with Gasteiger partial charge in [-0.25, -0.2) is 31.1 Å². The Morgan fingerprint density at radius 3 is 1.94 bits per heavy atom. The lowest BCUT2D eigenvalue weighted by Crippen LogP contribution is -2.35. The highest BCUT2D eigenvalue weighted by atomic mass is 32.2. The Kier molecular flexibility index (Phi) is 13.2. The fourth-order valence-corrected chi connectivity index (χ4v) is 6.15. The summed E-state index contributed by atoms with van der Waals surface area (Å²) in [5, 5.41) is 21.9. The average Bonchev–Trinajstić information content (AvgIpc) is 3.03. The van der Waals surface area contributed by atoms with Gasteiger partial charge >= 0.3 is 25.2 Å². The SMILES string of the molecule is CS(=O)(=O)c1ccc(C(=O)C2C(=O)CCCC2=O)c([N+](=O)[O-])c1.O=C(Nc1nc(OC(F)F)cc(OC(F)F)n1)NS(=O)(=O)c1ccccc1C(=O)O. The summed E-state index contributed by atoms with van der Waals surface area (Å²) in [6, 6.07) is 6.02. The number of ether oxygens (including phenoxy) is 2. The van der Waals surface area contributed by atoms with Crippen LogP contribution in [0.5, 0.6) is 11.8 Å². The number of alkyl halides is 4. The molecule has 2 aromatic carbocycles. The maximum Gasteiger partial charge on any atom is 0.388 e. The van der Waals surface area contributed by atoms with Crippen LogP contribution in [0.4, 0.5) is 34.0 Å². The smallest absolute Gasteiger partial charge is 0.388 e. The number of nitrogens with zero attached hydrogens (tertiary/aromatic N) is 3. The minimum Gasteiger partial charge on any atom is -0.478 e. The minimum absolute atomic E-state index is 0.0668. The van der Waals surface area contributed by atoms with Crippen LogP contribution in [0.2, 0.25) is 0 Å². The van der Waals surface area contributed by atoms with Crippen molar-refractivity contribution in [1.82, 2.24) is 14.7 Å². The first-order valence-electron chi connectivity index (χ1n) is 14.1. The largest absolute Gasteiger partial charge is 0.478 e. The van der Waals surface area contributed by atoms with E-state index in [1.165, 1.54) is 16.9 Å². The topological polar surface area (TPSA) is 285 Å². The summed E-state index contributed by atoms with van der Waals surface area (Å²) < 4.78 is 106. The number of hydrogen-bond donors (Lipinski definition) is 3. The van der Waals surface area contributed by atoms with Crippen molar-refractivity contribution in [3.8, 4) is 11.8 Å². The molecule has 1 fully saturated rings. The highest BCUT2D eigenvalue weighted by Gasteiger charge is 2.39. The number of nitro groups is 1. The zero-order valence-corrected chi connectivity index (χ0v) is 28.0. The molecule has 0 atom stereocenters. The maximum absolute atomic E-state index is 12.4. The summed E-state index contributed by atoms with van der Waals surface area (Å²) in [5.74, 6) is -8.07. The average molecular weight is 794 g/mol. The predicted molar refractivity (Wildman–Crippen MR) is 166 cm³/mol. The van der Waals surface area contributed by atoms with Gasteiger partial charge in [0.25, 0.3) is 15.7 Å². The van der Waals surface area contributed by atoms with Crippen LogP contribution in [0.25, 0.3) is 0 Å². The van der Waals surface area contributed by atoms with Gasteiger partial charge in [0.2, 0.25) is 17.7 Å². The van der Waals surface area contributed by atoms with Crippen LogP contribution in [0.1, 0.15) is 40.0 Å². The van der Waals surface area contributed by atoms with Crippen molar-refractivity contribution in [2.75, 3.05) is 11.6 Å². The number of aromatic nitrogens is 2. The van der Waals surface area contributed by atoms with E-state index in [4.69, 9.17) is 5.11 Å². The highest BCUT2D eigenvalue weighted by Crippen LogP contribution is 2.29. The molecule has 19 nitrogen and oxygen atoms in total. The van der Waals surface area contributed by atoms with E-state index in [1.807, 2.05) is 0 Å². The zero-order valence-electron chi connectivity index (χ0n) is 26.4. The number of benzene rings is 2. The normalized spacial score (nSPS) is 13.5. The van der Waals surface area contributed by atoms with Crippen LogP contribution >= 0.6 is 0 Å². The van der Waals surface area contributed by atoms with Gasteiger partial charge in [-0.3, -0.25) is 29.8 Å². The molecule has 0 unspecified atom stereocenters. The molecular weight excluding hydrogens is 770 g/mol. The number of urea groups is 1. The number of carbonyl (C=O) groups is 5. The molecule has 25 heteroatoms. The summed E-state index contributed by atoms with van der Waals surface area (Å²) in [6.07, 6.45) is 1.37. The van der Waals surface area contributed by atoms with Crippen LogP contribution in [0.3, 0.4) is 0 Å². The molecule has 1 saturated carbocycles. The van der Waals surface area contributed by atoms with Crippen molar-refractivity contribution in [3.05, 3.63) is 69.8 Å². The molecule has 3 aromatic rings. The number of rotatable bonds is 12. The number of anilines is 1. The lowest BCUT2D eigenvalue weighted by Gasteiger charge is -2.18. The Hall–Kier alpha value is -6.11. The molecule has 284 valence electrons. The minimum atomic E-state index is -4.71. The first kappa shape index (κ1) is 41.3. The fourth-order valence-electron chi connectivity index (χ4n) is 4.40. The van der Waals surface area contributed by atoms with Gasteiger partial charge in [0, 0.05) is 25.2 Å². The number of carboxylic acid groups (broad SMARTS) is 1. The molecule has 1 heterocycles. The summed E-state index contributed by atoms with van der Waals surface area (Å²) in [5.41, 5.74) is -1.81. The van der Waals surface area contributed by atoms with E-state index in [0.29, 0.717) is 12.5 Å². The number of halogens is 4. The van der Waals surface area contributed by atoms with Crippen LogP contribution in [0, 0.1) is 16.0 Å². The second-order valence-corrected chi connectivity index (χ2v) is 13.9. The van der Waals surface area contributed by atoms with Gasteiger partial charge in [-0.2, -0.15) is 27.5 Å². The zero-order chi connectivity index (χ0) is 39.8. The van der Waals surface area contributed by atoms with Gasteiger partial charge in [-0.15, -0.1) is 0 Å². The second kappa shape index (κ2) is 16.9. The molecule has 3 N–H and O–H groups in total. The number of aromatic carboxylic acids is 1. The number of sulfone groups is 1. The molecule has 53 heavy (non-hydrogen) atoms. The van der Waals surface area contributed by atoms with Gasteiger partial charge in [-0.05, 0) is 30.7 Å². The Morgan fingerprint density at radius 1 is 0.906 bits per heavy atom. The summed E-state index contributed by atoms with van der Waals surface area (Å²) in [4.78, 5) is 74.8. The molecule has 1 aliphatic rings. The van der Waals surface area contributed by atoms with Crippen LogP contribution in [-0.4, -0.2) is 85.7 Å². The number of carbonyl (C=O) groups excluding carboxylic acids is 4. The molecule has 2 amide bonds.